The van der Waals surface area contributed by atoms with Gasteiger partial charge in [0.05, 0.1) is 29.0 Å². The number of rotatable bonds is 6. The van der Waals surface area contributed by atoms with Crippen LogP contribution in [0, 0.1) is 12.3 Å². The molecule has 0 fully saturated rings. The van der Waals surface area contributed by atoms with Gasteiger partial charge in [0.15, 0.2) is 0 Å². The Morgan fingerprint density at radius 3 is 2.66 bits per heavy atom. The maximum atomic E-state index is 13.1. The van der Waals surface area contributed by atoms with Crippen LogP contribution in [0.4, 0.5) is 11.6 Å². The van der Waals surface area contributed by atoms with Crippen LogP contribution in [0.25, 0.3) is 11.0 Å². The first-order chi connectivity index (χ1) is 15.1. The highest BCUT2D eigenvalue weighted by Crippen LogP contribution is 2.38. The lowest BCUT2D eigenvalue weighted by molar-refractivity contribution is 0.0996. The van der Waals surface area contributed by atoms with Crippen molar-refractivity contribution in [2.24, 2.45) is 11.1 Å². The van der Waals surface area contributed by atoms with Crippen molar-refractivity contribution in [2.75, 3.05) is 29.9 Å². The summed E-state index contributed by atoms with van der Waals surface area (Å²) in [4.78, 5) is 31.8. The molecule has 1 aromatic carbocycles. The van der Waals surface area contributed by atoms with Gasteiger partial charge in [-0.15, -0.1) is 0 Å². The number of primary amides is 1. The number of aromatic nitrogens is 4. The van der Waals surface area contributed by atoms with Crippen LogP contribution in [-0.2, 0) is 13.1 Å². The Kier molecular flexibility index (Phi) is 5.41. The molecule has 2 amide bonds. The standard InChI is InChI=1S/C22H29N7O3/c1-5-29-17(8-13(2)26-29)20(32)25-21-24-15-9-14(19(23)31)10-16-18(15)28(21)12-22(3,4)11-27(16)6-7-30/h8-10,30H,5-7,11-12H2,1-4H3,(H2,23,31)(H,24,25,32). The predicted molar refractivity (Wildman–Crippen MR) is 122 cm³/mol. The molecule has 0 bridgehead atoms. The number of nitrogens with zero attached hydrogens (tertiary/aromatic N) is 5. The van der Waals surface area contributed by atoms with Crippen LogP contribution in [0.1, 0.15) is 47.3 Å². The third-order valence-corrected chi connectivity index (χ3v) is 5.68. The molecule has 1 aliphatic heterocycles. The number of nitrogens with two attached hydrogens (primary N) is 1. The first kappa shape index (κ1) is 21.8. The molecule has 0 saturated heterocycles. The SMILES string of the molecule is CCn1nc(C)cc1C(=O)Nc1nc2cc(C(N)=O)cc3c2n1CC(C)(C)CN3CCO. The zero-order chi connectivity index (χ0) is 23.2. The fourth-order valence-electron chi connectivity index (χ4n) is 4.41. The van der Waals surface area contributed by atoms with E-state index in [1.54, 1.807) is 22.9 Å². The summed E-state index contributed by atoms with van der Waals surface area (Å²) in [7, 11) is 0. The van der Waals surface area contributed by atoms with Crippen molar-refractivity contribution in [1.29, 1.82) is 0 Å². The predicted octanol–water partition coefficient (Wildman–Crippen LogP) is 1.75. The molecule has 10 heteroatoms. The van der Waals surface area contributed by atoms with Crippen LogP contribution in [0.5, 0.6) is 0 Å². The van der Waals surface area contributed by atoms with Gasteiger partial charge in [0.1, 0.15) is 5.69 Å². The number of anilines is 2. The number of carbonyl (C=O) groups is 2. The summed E-state index contributed by atoms with van der Waals surface area (Å²) in [5.41, 5.74) is 9.04. The minimum Gasteiger partial charge on any atom is -0.395 e. The van der Waals surface area contributed by atoms with Gasteiger partial charge >= 0.3 is 0 Å². The zero-order valence-corrected chi connectivity index (χ0v) is 18.8. The van der Waals surface area contributed by atoms with Gasteiger partial charge in [-0.2, -0.15) is 5.10 Å². The molecule has 2 aromatic heterocycles. The van der Waals surface area contributed by atoms with Crippen LogP contribution in [0.15, 0.2) is 18.2 Å². The Hall–Kier alpha value is -3.40. The lowest BCUT2D eigenvalue weighted by atomic mass is 9.93. The second-order valence-electron chi connectivity index (χ2n) is 9.00. The summed E-state index contributed by atoms with van der Waals surface area (Å²) < 4.78 is 3.63. The Bertz CT molecular complexity index is 1210. The maximum absolute atomic E-state index is 13.1. The maximum Gasteiger partial charge on any atom is 0.276 e. The molecular weight excluding hydrogens is 410 g/mol. The van der Waals surface area contributed by atoms with Crippen LogP contribution in [0.3, 0.4) is 0 Å². The zero-order valence-electron chi connectivity index (χ0n) is 18.8. The average molecular weight is 440 g/mol. The first-order valence-corrected chi connectivity index (χ1v) is 10.7. The van der Waals surface area contributed by atoms with E-state index in [1.807, 2.05) is 23.3 Å². The molecule has 170 valence electrons. The number of aliphatic hydroxyl groups excluding tert-OH is 1. The number of carbonyl (C=O) groups excluding carboxylic acids is 2. The second-order valence-corrected chi connectivity index (χ2v) is 9.00. The molecule has 4 N–H and O–H groups in total. The summed E-state index contributed by atoms with van der Waals surface area (Å²) in [5.74, 6) is -0.462. The third-order valence-electron chi connectivity index (χ3n) is 5.68. The van der Waals surface area contributed by atoms with E-state index in [0.29, 0.717) is 48.9 Å². The highest BCUT2D eigenvalue weighted by Gasteiger charge is 2.32. The van der Waals surface area contributed by atoms with E-state index in [-0.39, 0.29) is 17.9 Å². The Labute approximate surface area is 186 Å². The summed E-state index contributed by atoms with van der Waals surface area (Å²) in [6.45, 7) is 10.2. The summed E-state index contributed by atoms with van der Waals surface area (Å²) >= 11 is 0. The van der Waals surface area contributed by atoms with Crippen molar-refractivity contribution in [1.82, 2.24) is 19.3 Å². The minimum absolute atomic E-state index is 0.0313. The third kappa shape index (κ3) is 3.81. The lowest BCUT2D eigenvalue weighted by Gasteiger charge is -2.31. The van der Waals surface area contributed by atoms with Gasteiger partial charge in [0, 0.05) is 37.2 Å². The minimum atomic E-state index is -0.557. The first-order valence-electron chi connectivity index (χ1n) is 10.7. The number of nitrogens with one attached hydrogen (secondary N) is 1. The summed E-state index contributed by atoms with van der Waals surface area (Å²) in [6, 6.07) is 5.12. The van der Waals surface area contributed by atoms with Crippen molar-refractivity contribution in [3.63, 3.8) is 0 Å². The quantitative estimate of drug-likeness (QED) is 0.536. The molecule has 0 spiro atoms. The highest BCUT2D eigenvalue weighted by molar-refractivity contribution is 6.05. The molecule has 0 radical (unpaired) electrons. The van der Waals surface area contributed by atoms with Crippen molar-refractivity contribution in [3.8, 4) is 0 Å². The fourth-order valence-corrected chi connectivity index (χ4v) is 4.41. The number of imidazole rings is 1. The van der Waals surface area contributed by atoms with Crippen LogP contribution < -0.4 is 16.0 Å². The highest BCUT2D eigenvalue weighted by atomic mass is 16.3. The molecule has 0 unspecified atom stereocenters. The van der Waals surface area contributed by atoms with E-state index in [1.165, 1.54) is 0 Å². The van der Waals surface area contributed by atoms with Gasteiger partial charge < -0.3 is 20.3 Å². The van der Waals surface area contributed by atoms with Crippen LogP contribution in [0.2, 0.25) is 0 Å². The average Bonchev–Trinajstić information content (AvgIpc) is 3.23. The van der Waals surface area contributed by atoms with E-state index in [2.05, 4.69) is 29.2 Å². The van der Waals surface area contributed by atoms with Gasteiger partial charge in [-0.3, -0.25) is 19.6 Å². The molecule has 10 nitrogen and oxygen atoms in total. The van der Waals surface area contributed by atoms with Crippen LogP contribution in [-0.4, -0.2) is 55.9 Å². The van der Waals surface area contributed by atoms with Crippen molar-refractivity contribution >= 4 is 34.5 Å². The van der Waals surface area contributed by atoms with E-state index < -0.39 is 5.91 Å². The number of hydrogen-bond donors (Lipinski definition) is 3. The van der Waals surface area contributed by atoms with Crippen molar-refractivity contribution in [3.05, 3.63) is 35.2 Å². The molecule has 4 rings (SSSR count). The van der Waals surface area contributed by atoms with Gasteiger partial charge in [-0.1, -0.05) is 13.8 Å². The van der Waals surface area contributed by atoms with Crippen molar-refractivity contribution < 1.29 is 14.7 Å². The number of hydrogen-bond acceptors (Lipinski definition) is 6. The van der Waals surface area contributed by atoms with E-state index in [0.717, 1.165) is 16.9 Å². The van der Waals surface area contributed by atoms with E-state index in [4.69, 9.17) is 5.73 Å². The van der Waals surface area contributed by atoms with Gasteiger partial charge in [0.2, 0.25) is 11.9 Å². The second kappa shape index (κ2) is 7.94. The monoisotopic (exact) mass is 439 g/mol. The van der Waals surface area contributed by atoms with Crippen molar-refractivity contribution in [2.45, 2.75) is 40.8 Å². The molecule has 3 heterocycles. The number of β-amino-alcohol motifs (C(OH)–C–C–N with tert-alkyl or cyclic N) is 1. The summed E-state index contributed by atoms with van der Waals surface area (Å²) in [5, 5.41) is 16.9. The summed E-state index contributed by atoms with van der Waals surface area (Å²) in [6.07, 6.45) is 0. The largest absolute Gasteiger partial charge is 0.395 e. The lowest BCUT2D eigenvalue weighted by Crippen LogP contribution is -2.37. The fraction of sp³-hybridized carbons (Fsp3) is 0.455. The number of benzene rings is 1. The molecule has 0 saturated carbocycles. The molecule has 0 atom stereocenters. The molecule has 1 aliphatic rings. The normalized spacial score (nSPS) is 15.1. The number of aryl methyl sites for hydroxylation is 2. The van der Waals surface area contributed by atoms with E-state index >= 15 is 0 Å². The molecule has 3 aromatic rings. The molecule has 0 aliphatic carbocycles. The smallest absolute Gasteiger partial charge is 0.276 e. The Balaban J connectivity index is 1.87. The number of aliphatic hydroxyl groups is 1. The van der Waals surface area contributed by atoms with E-state index in [9.17, 15) is 14.7 Å². The van der Waals surface area contributed by atoms with Crippen LogP contribution >= 0.6 is 0 Å². The Morgan fingerprint density at radius 1 is 1.25 bits per heavy atom. The van der Waals surface area contributed by atoms with Gasteiger partial charge in [0.25, 0.3) is 5.91 Å². The number of amides is 2. The van der Waals surface area contributed by atoms with Gasteiger partial charge in [-0.05, 0) is 32.0 Å². The van der Waals surface area contributed by atoms with Gasteiger partial charge in [-0.25, -0.2) is 4.98 Å². The topological polar surface area (TPSA) is 131 Å². The molecular formula is C22H29N7O3. The molecule has 32 heavy (non-hydrogen) atoms. The Morgan fingerprint density at radius 2 is 2.00 bits per heavy atom.